The molecular weight excluding hydrogens is 428 g/mol. The SMILES string of the molecule is CC(=O)NC(Cc1ccc(F)c(F)c1)C(=O)NC1CCN(c2nc(C)cc(C)c2C#N)CC1. The highest BCUT2D eigenvalue weighted by atomic mass is 19.2. The van der Waals surface area contributed by atoms with E-state index in [-0.39, 0.29) is 18.4 Å². The third-order valence-electron chi connectivity index (χ3n) is 5.70. The van der Waals surface area contributed by atoms with Crippen LogP contribution in [0.5, 0.6) is 0 Å². The molecular formula is C24H27F2N5O2. The van der Waals surface area contributed by atoms with Crippen LogP contribution in [-0.2, 0) is 16.0 Å². The van der Waals surface area contributed by atoms with Crippen molar-refractivity contribution in [1.82, 2.24) is 15.6 Å². The van der Waals surface area contributed by atoms with Crippen LogP contribution in [-0.4, -0.2) is 42.0 Å². The first-order valence-electron chi connectivity index (χ1n) is 10.8. The van der Waals surface area contributed by atoms with Gasteiger partial charge >= 0.3 is 0 Å². The fraction of sp³-hybridized carbons (Fsp3) is 0.417. The standard InChI is InChI=1S/C24H27F2N5O2/c1-14-10-15(2)28-23(19(14)13-27)31-8-6-18(7-9-31)30-24(33)22(29-16(3)32)12-17-4-5-20(25)21(26)11-17/h4-5,10-11,18,22H,6-9,12H2,1-3H3,(H,29,32)(H,30,33). The summed E-state index contributed by atoms with van der Waals surface area (Å²) in [5, 5.41) is 15.1. The van der Waals surface area contributed by atoms with E-state index in [0.29, 0.717) is 42.9 Å². The predicted octanol–water partition coefficient (Wildman–Crippen LogP) is 2.68. The molecule has 2 heterocycles. The number of carbonyl (C=O) groups excluding carboxylic acids is 2. The Morgan fingerprint density at radius 1 is 1.21 bits per heavy atom. The molecule has 0 saturated carbocycles. The van der Waals surface area contributed by atoms with Crippen LogP contribution in [0.4, 0.5) is 14.6 Å². The Morgan fingerprint density at radius 3 is 2.52 bits per heavy atom. The molecule has 7 nitrogen and oxygen atoms in total. The first-order chi connectivity index (χ1) is 15.7. The molecule has 3 rings (SSSR count). The number of rotatable bonds is 6. The van der Waals surface area contributed by atoms with Crippen LogP contribution in [0.25, 0.3) is 0 Å². The molecule has 0 aliphatic carbocycles. The molecule has 0 radical (unpaired) electrons. The fourth-order valence-electron chi connectivity index (χ4n) is 4.08. The number of anilines is 1. The van der Waals surface area contributed by atoms with Gasteiger partial charge in [-0.2, -0.15) is 5.26 Å². The van der Waals surface area contributed by atoms with Gasteiger partial charge in [-0.15, -0.1) is 0 Å². The van der Waals surface area contributed by atoms with Crippen molar-refractivity contribution in [2.24, 2.45) is 0 Å². The normalized spacial score (nSPS) is 15.0. The second-order valence-electron chi connectivity index (χ2n) is 8.37. The first kappa shape index (κ1) is 24.1. The topological polar surface area (TPSA) is 98.1 Å². The number of nitrogens with zero attached hydrogens (tertiary/aromatic N) is 3. The zero-order valence-corrected chi connectivity index (χ0v) is 18.9. The Bertz CT molecular complexity index is 1090. The zero-order chi connectivity index (χ0) is 24.1. The van der Waals surface area contributed by atoms with E-state index in [1.54, 1.807) is 0 Å². The van der Waals surface area contributed by atoms with Gasteiger partial charge in [-0.05, 0) is 56.0 Å². The number of nitriles is 1. The Kier molecular flexibility index (Phi) is 7.59. The lowest BCUT2D eigenvalue weighted by molar-refractivity contribution is -0.128. The van der Waals surface area contributed by atoms with Gasteiger partial charge in [-0.1, -0.05) is 6.07 Å². The maximum Gasteiger partial charge on any atom is 0.243 e. The van der Waals surface area contributed by atoms with E-state index in [0.717, 1.165) is 23.4 Å². The maximum atomic E-state index is 13.6. The van der Waals surface area contributed by atoms with Crippen LogP contribution in [0.2, 0.25) is 0 Å². The van der Waals surface area contributed by atoms with Gasteiger partial charge in [0, 0.05) is 38.2 Å². The average Bonchev–Trinajstić information content (AvgIpc) is 2.75. The minimum Gasteiger partial charge on any atom is -0.355 e. The number of hydrogen-bond donors (Lipinski definition) is 2. The highest BCUT2D eigenvalue weighted by molar-refractivity contribution is 5.87. The van der Waals surface area contributed by atoms with E-state index in [1.807, 2.05) is 24.8 Å². The number of piperidine rings is 1. The summed E-state index contributed by atoms with van der Waals surface area (Å²) >= 11 is 0. The number of amides is 2. The largest absolute Gasteiger partial charge is 0.355 e. The molecule has 1 aromatic heterocycles. The summed E-state index contributed by atoms with van der Waals surface area (Å²) in [6.07, 6.45) is 1.33. The number of hydrogen-bond acceptors (Lipinski definition) is 5. The van der Waals surface area contributed by atoms with Gasteiger partial charge in [-0.3, -0.25) is 9.59 Å². The van der Waals surface area contributed by atoms with Gasteiger partial charge < -0.3 is 15.5 Å². The van der Waals surface area contributed by atoms with Crippen molar-refractivity contribution in [3.8, 4) is 6.07 Å². The van der Waals surface area contributed by atoms with Crippen LogP contribution in [0.3, 0.4) is 0 Å². The van der Waals surface area contributed by atoms with Crippen molar-refractivity contribution in [3.05, 3.63) is 58.3 Å². The Morgan fingerprint density at radius 2 is 1.91 bits per heavy atom. The molecule has 1 fully saturated rings. The molecule has 1 aromatic carbocycles. The minimum atomic E-state index is -1.00. The zero-order valence-electron chi connectivity index (χ0n) is 18.9. The van der Waals surface area contributed by atoms with Crippen LogP contribution in [0.1, 0.15) is 42.1 Å². The summed E-state index contributed by atoms with van der Waals surface area (Å²) in [7, 11) is 0. The summed E-state index contributed by atoms with van der Waals surface area (Å²) in [6.45, 7) is 6.30. The van der Waals surface area contributed by atoms with Crippen molar-refractivity contribution in [3.63, 3.8) is 0 Å². The molecule has 1 atom stereocenters. The third-order valence-corrected chi connectivity index (χ3v) is 5.70. The molecule has 2 amide bonds. The van der Waals surface area contributed by atoms with Crippen molar-refractivity contribution >= 4 is 17.6 Å². The number of aryl methyl sites for hydroxylation is 2. The molecule has 0 bridgehead atoms. The molecule has 1 aliphatic heterocycles. The van der Waals surface area contributed by atoms with Gasteiger partial charge in [0.15, 0.2) is 11.6 Å². The minimum absolute atomic E-state index is 0.0411. The number of aromatic nitrogens is 1. The summed E-state index contributed by atoms with van der Waals surface area (Å²) in [5.41, 5.74) is 2.68. The van der Waals surface area contributed by atoms with Gasteiger partial charge in [0.25, 0.3) is 0 Å². The molecule has 33 heavy (non-hydrogen) atoms. The highest BCUT2D eigenvalue weighted by Gasteiger charge is 2.27. The molecule has 1 saturated heterocycles. The van der Waals surface area contributed by atoms with E-state index in [4.69, 9.17) is 0 Å². The predicted molar refractivity (Wildman–Crippen MR) is 119 cm³/mol. The van der Waals surface area contributed by atoms with Gasteiger partial charge in [0.1, 0.15) is 17.9 Å². The van der Waals surface area contributed by atoms with Gasteiger partial charge in [0.2, 0.25) is 11.8 Å². The number of benzene rings is 1. The molecule has 0 spiro atoms. The molecule has 2 N–H and O–H groups in total. The third kappa shape index (κ3) is 6.04. The first-order valence-corrected chi connectivity index (χ1v) is 10.8. The van der Waals surface area contributed by atoms with Crippen LogP contribution in [0, 0.1) is 36.8 Å². The number of pyridine rings is 1. The van der Waals surface area contributed by atoms with Gasteiger partial charge in [0.05, 0.1) is 5.56 Å². The summed E-state index contributed by atoms with van der Waals surface area (Å²) in [5.74, 6) is -2.08. The van der Waals surface area contributed by atoms with Crippen LogP contribution in [0.15, 0.2) is 24.3 Å². The molecule has 9 heteroatoms. The van der Waals surface area contributed by atoms with Crippen LogP contribution >= 0.6 is 0 Å². The molecule has 1 aliphatic rings. The summed E-state index contributed by atoms with van der Waals surface area (Å²) in [4.78, 5) is 31.1. The molecule has 2 aromatic rings. The Hall–Kier alpha value is -3.54. The lowest BCUT2D eigenvalue weighted by Crippen LogP contribution is -2.52. The van der Waals surface area contributed by atoms with Crippen molar-refractivity contribution in [1.29, 1.82) is 5.26 Å². The summed E-state index contributed by atoms with van der Waals surface area (Å²) < 4.78 is 26.8. The Balaban J connectivity index is 1.64. The molecule has 174 valence electrons. The van der Waals surface area contributed by atoms with Crippen molar-refractivity contribution in [2.45, 2.75) is 52.1 Å². The smallest absolute Gasteiger partial charge is 0.243 e. The van der Waals surface area contributed by atoms with Crippen LogP contribution < -0.4 is 15.5 Å². The molecule has 1 unspecified atom stereocenters. The summed E-state index contributed by atoms with van der Waals surface area (Å²) in [6, 6.07) is 6.50. The van der Waals surface area contributed by atoms with Gasteiger partial charge in [-0.25, -0.2) is 13.8 Å². The monoisotopic (exact) mass is 455 g/mol. The average molecular weight is 456 g/mol. The van der Waals surface area contributed by atoms with E-state index in [2.05, 4.69) is 21.7 Å². The second kappa shape index (κ2) is 10.4. The van der Waals surface area contributed by atoms with E-state index in [9.17, 15) is 23.6 Å². The van der Waals surface area contributed by atoms with Crippen molar-refractivity contribution in [2.75, 3.05) is 18.0 Å². The van der Waals surface area contributed by atoms with E-state index >= 15 is 0 Å². The lowest BCUT2D eigenvalue weighted by atomic mass is 10.0. The fourth-order valence-corrected chi connectivity index (χ4v) is 4.08. The van der Waals surface area contributed by atoms with E-state index < -0.39 is 23.6 Å². The number of halogens is 2. The van der Waals surface area contributed by atoms with Crippen molar-refractivity contribution < 1.29 is 18.4 Å². The second-order valence-corrected chi connectivity index (χ2v) is 8.37. The highest BCUT2D eigenvalue weighted by Crippen LogP contribution is 2.25. The quantitative estimate of drug-likeness (QED) is 0.698. The number of carbonyl (C=O) groups is 2. The number of nitrogens with one attached hydrogen (secondary N) is 2. The Labute approximate surface area is 191 Å². The lowest BCUT2D eigenvalue weighted by Gasteiger charge is -2.34. The maximum absolute atomic E-state index is 13.6. The van der Waals surface area contributed by atoms with E-state index in [1.165, 1.54) is 13.0 Å².